The van der Waals surface area contributed by atoms with E-state index in [4.69, 9.17) is 5.73 Å². The fraction of sp³-hybridized carbons (Fsp3) is 0.800. The van der Waals surface area contributed by atoms with E-state index in [9.17, 15) is 13.6 Å². The minimum absolute atomic E-state index is 0.859. The molecule has 1 amide bonds. The van der Waals surface area contributed by atoms with E-state index in [1.807, 2.05) is 5.32 Å². The van der Waals surface area contributed by atoms with E-state index in [0.717, 1.165) is 6.92 Å². The van der Waals surface area contributed by atoms with Crippen molar-refractivity contribution in [1.29, 1.82) is 0 Å². The summed E-state index contributed by atoms with van der Waals surface area (Å²) in [6.07, 6.45) is -2.84. The summed E-state index contributed by atoms with van der Waals surface area (Å²) in [7, 11) is 1.26. The van der Waals surface area contributed by atoms with E-state index in [2.05, 4.69) is 0 Å². The molecule has 0 aliphatic carbocycles. The van der Waals surface area contributed by atoms with E-state index in [-0.39, 0.29) is 0 Å². The average Bonchev–Trinajstić information content (AvgIpc) is 1.86. The molecule has 0 saturated carbocycles. The lowest BCUT2D eigenvalue weighted by Crippen LogP contribution is -2.55. The highest BCUT2D eigenvalue weighted by Crippen LogP contribution is 2.10. The van der Waals surface area contributed by atoms with Gasteiger partial charge in [0.15, 0.2) is 5.54 Å². The van der Waals surface area contributed by atoms with E-state index in [1.165, 1.54) is 7.05 Å². The first-order valence-corrected chi connectivity index (χ1v) is 2.72. The van der Waals surface area contributed by atoms with Gasteiger partial charge in [0.05, 0.1) is 0 Å². The van der Waals surface area contributed by atoms with Crippen LogP contribution in [0.5, 0.6) is 0 Å². The number of hydrogen-bond acceptors (Lipinski definition) is 2. The lowest BCUT2D eigenvalue weighted by Gasteiger charge is -2.20. The van der Waals surface area contributed by atoms with Crippen molar-refractivity contribution in [2.45, 2.75) is 18.9 Å². The van der Waals surface area contributed by atoms with Gasteiger partial charge in [-0.2, -0.15) is 0 Å². The standard InChI is InChI=1S/C5H10F2N2O/c1-5(8,3(6)7)4(10)9-2/h3H,8H2,1-2H3,(H,9,10). The number of carbonyl (C=O) groups excluding carboxylic acids is 1. The summed E-state index contributed by atoms with van der Waals surface area (Å²) >= 11 is 0. The van der Waals surface area contributed by atoms with Crippen LogP contribution in [0.25, 0.3) is 0 Å². The van der Waals surface area contributed by atoms with Gasteiger partial charge in [-0.15, -0.1) is 0 Å². The normalized spacial score (nSPS) is 16.6. The first-order valence-electron chi connectivity index (χ1n) is 2.72. The molecule has 0 aliphatic heterocycles. The average molecular weight is 152 g/mol. The summed E-state index contributed by atoms with van der Waals surface area (Å²) in [5, 5.41) is 2.04. The van der Waals surface area contributed by atoms with Crippen LogP contribution in [0.3, 0.4) is 0 Å². The van der Waals surface area contributed by atoms with E-state index < -0.39 is 17.9 Å². The zero-order chi connectivity index (χ0) is 8.36. The fourth-order valence-electron chi connectivity index (χ4n) is 0.368. The molecule has 0 fully saturated rings. The molecule has 0 aliphatic rings. The van der Waals surface area contributed by atoms with Crippen molar-refractivity contribution in [2.24, 2.45) is 5.73 Å². The predicted molar refractivity (Wildman–Crippen MR) is 32.7 cm³/mol. The van der Waals surface area contributed by atoms with Gasteiger partial charge in [0.25, 0.3) is 6.43 Å². The third kappa shape index (κ3) is 1.63. The third-order valence-electron chi connectivity index (χ3n) is 1.17. The molecular formula is C5H10F2N2O. The molecule has 60 valence electrons. The summed E-state index contributed by atoms with van der Waals surface area (Å²) in [5.41, 5.74) is 2.88. The number of nitrogens with one attached hydrogen (secondary N) is 1. The highest BCUT2D eigenvalue weighted by molar-refractivity contribution is 5.85. The molecule has 5 heteroatoms. The van der Waals surface area contributed by atoms with E-state index in [1.54, 1.807) is 0 Å². The molecule has 1 unspecified atom stereocenters. The van der Waals surface area contributed by atoms with Gasteiger partial charge in [0, 0.05) is 7.05 Å². The molecule has 0 bridgehead atoms. The SMILES string of the molecule is CNC(=O)C(C)(N)C(F)F. The molecular weight excluding hydrogens is 142 g/mol. The Morgan fingerprint density at radius 3 is 2.20 bits per heavy atom. The summed E-state index contributed by atoms with van der Waals surface area (Å²) in [5.74, 6) is -0.859. The minimum atomic E-state index is -2.84. The Balaban J connectivity index is 4.24. The Bertz CT molecular complexity index is 136. The van der Waals surface area contributed by atoms with Gasteiger partial charge in [-0.05, 0) is 6.92 Å². The van der Waals surface area contributed by atoms with E-state index in [0.29, 0.717) is 0 Å². The number of carbonyl (C=O) groups is 1. The van der Waals surface area contributed by atoms with Gasteiger partial charge in [0.2, 0.25) is 5.91 Å². The molecule has 1 atom stereocenters. The Kier molecular flexibility index (Phi) is 2.71. The van der Waals surface area contributed by atoms with Crippen LogP contribution < -0.4 is 11.1 Å². The van der Waals surface area contributed by atoms with E-state index >= 15 is 0 Å². The van der Waals surface area contributed by atoms with Crippen LogP contribution >= 0.6 is 0 Å². The number of nitrogens with two attached hydrogens (primary N) is 1. The molecule has 0 heterocycles. The van der Waals surface area contributed by atoms with Crippen molar-refractivity contribution in [1.82, 2.24) is 5.32 Å². The highest BCUT2D eigenvalue weighted by atomic mass is 19.3. The maximum absolute atomic E-state index is 11.9. The molecule has 3 nitrogen and oxygen atoms in total. The summed E-state index contributed by atoms with van der Waals surface area (Å²) in [6, 6.07) is 0. The van der Waals surface area contributed by atoms with Crippen LogP contribution in [0.1, 0.15) is 6.92 Å². The van der Waals surface area contributed by atoms with Gasteiger partial charge in [0.1, 0.15) is 0 Å². The quantitative estimate of drug-likeness (QED) is 0.571. The molecule has 0 saturated heterocycles. The van der Waals surface area contributed by atoms with Crippen molar-refractivity contribution >= 4 is 5.91 Å². The van der Waals surface area contributed by atoms with Gasteiger partial charge in [-0.3, -0.25) is 4.79 Å². The fourth-order valence-corrected chi connectivity index (χ4v) is 0.368. The minimum Gasteiger partial charge on any atom is -0.357 e. The van der Waals surface area contributed by atoms with Gasteiger partial charge in [-0.1, -0.05) is 0 Å². The van der Waals surface area contributed by atoms with Crippen molar-refractivity contribution < 1.29 is 13.6 Å². The summed E-state index contributed by atoms with van der Waals surface area (Å²) in [4.78, 5) is 10.6. The highest BCUT2D eigenvalue weighted by Gasteiger charge is 2.37. The number of likely N-dealkylation sites (N-methyl/N-ethyl adjacent to an activating group) is 1. The van der Waals surface area contributed by atoms with Gasteiger partial charge >= 0.3 is 0 Å². The molecule has 10 heavy (non-hydrogen) atoms. The van der Waals surface area contributed by atoms with Gasteiger partial charge in [-0.25, -0.2) is 8.78 Å². The van der Waals surface area contributed by atoms with Crippen LogP contribution in [0.2, 0.25) is 0 Å². The van der Waals surface area contributed by atoms with Crippen LogP contribution in [-0.2, 0) is 4.79 Å². The zero-order valence-electron chi connectivity index (χ0n) is 5.82. The second kappa shape index (κ2) is 2.92. The largest absolute Gasteiger partial charge is 0.357 e. The summed E-state index contributed by atoms with van der Waals surface area (Å²) < 4.78 is 23.7. The lowest BCUT2D eigenvalue weighted by atomic mass is 10.0. The smallest absolute Gasteiger partial charge is 0.264 e. The topological polar surface area (TPSA) is 55.1 Å². The number of rotatable bonds is 2. The molecule has 0 aromatic rings. The lowest BCUT2D eigenvalue weighted by molar-refractivity contribution is -0.130. The Labute approximate surface area is 57.6 Å². The Morgan fingerprint density at radius 2 is 2.10 bits per heavy atom. The molecule has 0 rings (SSSR count). The van der Waals surface area contributed by atoms with Crippen molar-refractivity contribution in [3.63, 3.8) is 0 Å². The Hall–Kier alpha value is -0.710. The Morgan fingerprint density at radius 1 is 1.70 bits per heavy atom. The molecule has 0 aromatic carbocycles. The molecule has 3 N–H and O–H groups in total. The number of halogens is 2. The van der Waals surface area contributed by atoms with Crippen molar-refractivity contribution in [3.05, 3.63) is 0 Å². The first kappa shape index (κ1) is 9.29. The number of alkyl halides is 2. The second-order valence-corrected chi connectivity index (χ2v) is 2.16. The third-order valence-corrected chi connectivity index (χ3v) is 1.17. The summed E-state index contributed by atoms with van der Waals surface area (Å²) in [6.45, 7) is 0.983. The van der Waals surface area contributed by atoms with Crippen LogP contribution in [0.4, 0.5) is 8.78 Å². The van der Waals surface area contributed by atoms with Gasteiger partial charge < -0.3 is 11.1 Å². The maximum Gasteiger partial charge on any atom is 0.264 e. The van der Waals surface area contributed by atoms with Crippen molar-refractivity contribution in [3.8, 4) is 0 Å². The maximum atomic E-state index is 11.9. The number of hydrogen-bond donors (Lipinski definition) is 2. The van der Waals surface area contributed by atoms with Crippen molar-refractivity contribution in [2.75, 3.05) is 7.05 Å². The van der Waals surface area contributed by atoms with Crippen LogP contribution in [-0.4, -0.2) is 24.9 Å². The molecule has 0 aromatic heterocycles. The van der Waals surface area contributed by atoms with Crippen LogP contribution in [0.15, 0.2) is 0 Å². The monoisotopic (exact) mass is 152 g/mol. The molecule has 0 spiro atoms. The zero-order valence-corrected chi connectivity index (χ0v) is 5.82. The molecule has 0 radical (unpaired) electrons. The second-order valence-electron chi connectivity index (χ2n) is 2.16. The number of amides is 1. The first-order chi connectivity index (χ1) is 4.42. The predicted octanol–water partition coefficient (Wildman–Crippen LogP) is -0.285. The van der Waals surface area contributed by atoms with Crippen LogP contribution in [0, 0.1) is 0 Å².